The molecule has 2 heteroatoms. The first kappa shape index (κ1) is 30.4. The van der Waals surface area contributed by atoms with Crippen LogP contribution in [0.3, 0.4) is 0 Å². The molecule has 1 aliphatic carbocycles. The summed E-state index contributed by atoms with van der Waals surface area (Å²) in [5.74, 6) is 0. The van der Waals surface area contributed by atoms with Gasteiger partial charge in [-0.05, 0) is 16.2 Å². The van der Waals surface area contributed by atoms with Gasteiger partial charge < -0.3 is 0 Å². The van der Waals surface area contributed by atoms with Gasteiger partial charge in [0.05, 0.1) is 0 Å². The fourth-order valence-electron chi connectivity index (χ4n) is 4.68. The topological polar surface area (TPSA) is 0 Å². The fourth-order valence-corrected chi connectivity index (χ4v) is 5.92. The number of benzene rings is 3. The molecule has 6 rings (SSSR count). The Hall–Kier alpha value is -2.54. The molecule has 4 aromatic carbocycles. The Morgan fingerprint density at radius 1 is 0.825 bits per heavy atom. The molecular weight excluding hydrogens is 580 g/mol. The molecule has 1 aromatic heterocycles. The SMILES string of the molecule is CC(C)(C)c1ccc2[cH-]c3ccc(C(C)(C)C)cc3c2c1.[C-]1=C(c2ccsc2)C=CC1.[Zr+2]=[CH]Cc1ccccc1. The molecule has 0 atom stereocenters. The Morgan fingerprint density at radius 2 is 1.43 bits per heavy atom. The molecule has 0 amide bonds. The zero-order chi connectivity index (χ0) is 28.8. The first-order valence-corrected chi connectivity index (χ1v) is 16.4. The Bertz CT molecular complexity index is 1530. The van der Waals surface area contributed by atoms with Gasteiger partial charge >= 0.3 is 70.3 Å². The molecule has 0 saturated heterocycles. The van der Waals surface area contributed by atoms with Gasteiger partial charge in [-0.25, -0.2) is 0 Å². The van der Waals surface area contributed by atoms with Crippen molar-refractivity contribution in [2.75, 3.05) is 0 Å². The van der Waals surface area contributed by atoms with E-state index in [2.05, 4.69) is 147 Å². The van der Waals surface area contributed by atoms with E-state index < -0.39 is 0 Å². The number of fused-ring (bicyclic) bond motifs is 3. The maximum atomic E-state index is 3.27. The van der Waals surface area contributed by atoms with Gasteiger partial charge in [0, 0.05) is 0 Å². The number of rotatable bonds is 3. The van der Waals surface area contributed by atoms with Crippen LogP contribution in [0.25, 0.3) is 27.1 Å². The molecule has 0 aliphatic heterocycles. The van der Waals surface area contributed by atoms with Gasteiger partial charge in [0.15, 0.2) is 0 Å². The van der Waals surface area contributed by atoms with Crippen LogP contribution in [0.2, 0.25) is 0 Å². The summed E-state index contributed by atoms with van der Waals surface area (Å²) < 4.78 is 2.25. The number of hydrogen-bond acceptors (Lipinski definition) is 1. The first-order valence-electron chi connectivity index (χ1n) is 14.0. The van der Waals surface area contributed by atoms with Gasteiger partial charge in [-0.3, -0.25) is 0 Å². The van der Waals surface area contributed by atoms with E-state index in [1.807, 2.05) is 6.07 Å². The minimum absolute atomic E-state index is 0.194. The van der Waals surface area contributed by atoms with Crippen molar-refractivity contribution in [2.45, 2.75) is 65.2 Å². The molecule has 0 bridgehead atoms. The van der Waals surface area contributed by atoms with Crippen LogP contribution < -0.4 is 0 Å². The minimum atomic E-state index is 0.194. The standard InChI is InChI=1S/C21H25.C9H7S.C8H8.Zr/c1-20(2,3)16-9-7-14-11-15-8-10-17(21(4,5)6)13-19(15)18(14)12-16;1-2-4-8(3-1)9-5-6-10-7-9;1-2-8-6-4-3-5-7-8;/h7-13H,1-6H3;1,3,5-7H,2H2;1,3-7H,2H2;/q2*-1;;+2. The molecule has 1 heterocycles. The van der Waals surface area contributed by atoms with Crippen molar-refractivity contribution < 1.29 is 24.2 Å². The monoisotopic (exact) mass is 618 g/mol. The van der Waals surface area contributed by atoms with Crippen LogP contribution in [0.5, 0.6) is 0 Å². The predicted octanol–water partition coefficient (Wildman–Crippen LogP) is 10.8. The molecular formula is C38H40SZr. The molecule has 0 N–H and O–H groups in total. The third-order valence-corrected chi connectivity index (χ3v) is 8.33. The van der Waals surface area contributed by atoms with Crippen molar-refractivity contribution in [3.8, 4) is 0 Å². The van der Waals surface area contributed by atoms with E-state index in [4.69, 9.17) is 0 Å². The van der Waals surface area contributed by atoms with Gasteiger partial charge in [-0.1, -0.05) is 94.8 Å². The maximum absolute atomic E-state index is 3.27. The molecule has 0 nitrogen and oxygen atoms in total. The van der Waals surface area contributed by atoms with E-state index in [1.54, 1.807) is 11.3 Å². The summed E-state index contributed by atoms with van der Waals surface area (Å²) >= 11 is 3.24. The summed E-state index contributed by atoms with van der Waals surface area (Å²) in [4.78, 5) is 0. The van der Waals surface area contributed by atoms with E-state index in [0.717, 1.165) is 12.8 Å². The summed E-state index contributed by atoms with van der Waals surface area (Å²) in [5, 5.41) is 9.73. The Kier molecular flexibility index (Phi) is 10.2. The van der Waals surface area contributed by atoms with Crippen LogP contribution in [-0.4, -0.2) is 3.71 Å². The Morgan fingerprint density at radius 3 is 1.88 bits per heavy atom. The molecule has 0 saturated carbocycles. The van der Waals surface area contributed by atoms with Crippen LogP contribution in [-0.2, 0) is 41.5 Å². The molecule has 1 aliphatic rings. The summed E-state index contributed by atoms with van der Waals surface area (Å²) in [5.41, 5.74) is 7.17. The number of hydrogen-bond donors (Lipinski definition) is 0. The average Bonchev–Trinajstić information content (AvgIpc) is 3.70. The molecule has 0 radical (unpaired) electrons. The van der Waals surface area contributed by atoms with Crippen molar-refractivity contribution in [3.05, 3.63) is 130 Å². The Labute approximate surface area is 260 Å². The second kappa shape index (κ2) is 13.4. The van der Waals surface area contributed by atoms with E-state index in [-0.39, 0.29) is 10.8 Å². The number of thiophene rings is 1. The van der Waals surface area contributed by atoms with Gasteiger partial charge in [-0.15, -0.1) is 51.4 Å². The normalized spacial score (nSPS) is 12.9. The van der Waals surface area contributed by atoms with Crippen LogP contribution in [0, 0.1) is 6.08 Å². The second-order valence-electron chi connectivity index (χ2n) is 12.4. The van der Waals surface area contributed by atoms with Gasteiger partial charge in [0.25, 0.3) is 0 Å². The number of allylic oxidation sites excluding steroid dienone is 4. The first-order chi connectivity index (χ1) is 19.1. The van der Waals surface area contributed by atoms with Crippen molar-refractivity contribution in [1.82, 2.24) is 0 Å². The van der Waals surface area contributed by atoms with E-state index >= 15 is 0 Å². The Balaban J connectivity index is 0.000000161. The van der Waals surface area contributed by atoms with Crippen LogP contribution in [0.15, 0.2) is 102 Å². The van der Waals surface area contributed by atoms with Crippen LogP contribution in [0.4, 0.5) is 0 Å². The average molecular weight is 620 g/mol. The van der Waals surface area contributed by atoms with Crippen molar-refractivity contribution in [3.63, 3.8) is 0 Å². The van der Waals surface area contributed by atoms with E-state index in [9.17, 15) is 0 Å². The molecule has 202 valence electrons. The molecule has 0 unspecified atom stereocenters. The fraction of sp³-hybridized carbons (Fsp3) is 0.263. The summed E-state index contributed by atoms with van der Waals surface area (Å²) in [6, 6.07) is 28.8. The third kappa shape index (κ3) is 8.02. The van der Waals surface area contributed by atoms with Crippen LogP contribution >= 0.6 is 11.3 Å². The van der Waals surface area contributed by atoms with Crippen molar-refractivity contribution in [1.29, 1.82) is 0 Å². The zero-order valence-electron chi connectivity index (χ0n) is 24.7. The van der Waals surface area contributed by atoms with Crippen molar-refractivity contribution >= 4 is 42.2 Å². The molecule has 40 heavy (non-hydrogen) atoms. The zero-order valence-corrected chi connectivity index (χ0v) is 28.0. The second-order valence-corrected chi connectivity index (χ2v) is 14.1. The van der Waals surface area contributed by atoms with Crippen LogP contribution in [0.1, 0.15) is 70.2 Å². The van der Waals surface area contributed by atoms with E-state index in [0.29, 0.717) is 0 Å². The third-order valence-electron chi connectivity index (χ3n) is 7.15. The summed E-state index contributed by atoms with van der Waals surface area (Å²) in [7, 11) is 0. The summed E-state index contributed by atoms with van der Waals surface area (Å²) in [6.07, 6.45) is 9.63. The van der Waals surface area contributed by atoms with Gasteiger partial charge in [0.2, 0.25) is 0 Å². The predicted molar refractivity (Wildman–Crippen MR) is 175 cm³/mol. The quantitative estimate of drug-likeness (QED) is 0.176. The molecule has 5 aromatic rings. The van der Waals surface area contributed by atoms with E-state index in [1.165, 1.54) is 73.6 Å². The van der Waals surface area contributed by atoms with Crippen molar-refractivity contribution in [2.24, 2.45) is 0 Å². The van der Waals surface area contributed by atoms with Gasteiger partial charge in [0.1, 0.15) is 0 Å². The molecule has 0 fully saturated rings. The molecule has 0 spiro atoms. The van der Waals surface area contributed by atoms with Gasteiger partial charge in [-0.2, -0.15) is 29.1 Å². The summed E-state index contributed by atoms with van der Waals surface area (Å²) in [6.45, 7) is 13.7.